The number of nitrogens with zero attached hydrogens (tertiary/aromatic N) is 3. The molecule has 3 atom stereocenters. The first-order chi connectivity index (χ1) is 20.0. The number of hydrogen-bond acceptors (Lipinski definition) is 4. The Hall–Kier alpha value is -4.13. The van der Waals surface area contributed by atoms with Gasteiger partial charge in [-0.15, -0.1) is 0 Å². The highest BCUT2D eigenvalue weighted by Gasteiger charge is 2.35. The fourth-order valence-corrected chi connectivity index (χ4v) is 6.91. The third-order valence-electron chi connectivity index (χ3n) is 8.91. The molecule has 3 aromatic rings. The molecule has 0 saturated carbocycles. The van der Waals surface area contributed by atoms with Gasteiger partial charge in [0.25, 0.3) is 11.5 Å². The lowest BCUT2D eigenvalue weighted by molar-refractivity contribution is -0.111. The van der Waals surface area contributed by atoms with Gasteiger partial charge in [-0.1, -0.05) is 43.3 Å². The topological polar surface area (TPSA) is 74.7 Å². The van der Waals surface area contributed by atoms with E-state index < -0.39 is 0 Å². The highest BCUT2D eigenvalue weighted by Crippen LogP contribution is 2.39. The summed E-state index contributed by atoms with van der Waals surface area (Å²) in [4.78, 5) is 43.7. The molecule has 4 heterocycles. The Labute approximate surface area is 241 Å². The number of aromatic nitrogens is 1. The SMILES string of the molecule is CCC1CCCCN1C(=O)c1ccc(N2CC3CC(C2)c2cccc(=O)n2C3)c(NC(=O)C=Cc2ccccc2)c1. The Balaban J connectivity index is 1.31. The Bertz CT molecular complexity index is 1510. The number of nitrogens with one attached hydrogen (secondary N) is 1. The van der Waals surface area contributed by atoms with Gasteiger partial charge in [-0.3, -0.25) is 14.4 Å². The van der Waals surface area contributed by atoms with Crippen LogP contribution >= 0.6 is 0 Å². The van der Waals surface area contributed by atoms with Gasteiger partial charge in [-0.05, 0) is 73.9 Å². The quantitative estimate of drug-likeness (QED) is 0.410. The summed E-state index contributed by atoms with van der Waals surface area (Å²) in [5.41, 5.74) is 4.25. The highest BCUT2D eigenvalue weighted by molar-refractivity contribution is 6.05. The van der Waals surface area contributed by atoms with Crippen molar-refractivity contribution in [2.24, 2.45) is 5.92 Å². The first-order valence-corrected chi connectivity index (χ1v) is 14.9. The predicted molar refractivity (Wildman–Crippen MR) is 163 cm³/mol. The molecule has 2 bridgehead atoms. The summed E-state index contributed by atoms with van der Waals surface area (Å²) < 4.78 is 1.93. The number of pyridine rings is 1. The minimum Gasteiger partial charge on any atom is -0.369 e. The number of likely N-dealkylation sites (tertiary alicyclic amines) is 1. The van der Waals surface area contributed by atoms with Crippen molar-refractivity contribution in [3.8, 4) is 0 Å². The van der Waals surface area contributed by atoms with E-state index in [2.05, 4.69) is 23.2 Å². The van der Waals surface area contributed by atoms with Crippen molar-refractivity contribution in [2.45, 2.75) is 57.5 Å². The van der Waals surface area contributed by atoms with Crippen LogP contribution in [-0.4, -0.2) is 47.0 Å². The molecule has 6 rings (SSSR count). The van der Waals surface area contributed by atoms with Crippen molar-refractivity contribution in [3.05, 3.63) is 100.0 Å². The van der Waals surface area contributed by atoms with Crippen LogP contribution in [0.5, 0.6) is 0 Å². The van der Waals surface area contributed by atoms with Gasteiger partial charge in [0.1, 0.15) is 0 Å². The third kappa shape index (κ3) is 5.71. The normalized spacial score (nSPS) is 21.9. The van der Waals surface area contributed by atoms with E-state index in [9.17, 15) is 14.4 Å². The molecule has 41 heavy (non-hydrogen) atoms. The molecule has 2 saturated heterocycles. The number of carbonyl (C=O) groups is 2. The lowest BCUT2D eigenvalue weighted by atomic mass is 9.83. The molecule has 1 N–H and O–H groups in total. The molecule has 0 aliphatic carbocycles. The molecule has 3 unspecified atom stereocenters. The minimum absolute atomic E-state index is 0.0299. The largest absolute Gasteiger partial charge is 0.369 e. The van der Waals surface area contributed by atoms with Crippen LogP contribution in [0.2, 0.25) is 0 Å². The number of amides is 2. The van der Waals surface area contributed by atoms with Crippen molar-refractivity contribution < 1.29 is 9.59 Å². The average Bonchev–Trinajstić information content (AvgIpc) is 3.00. The summed E-state index contributed by atoms with van der Waals surface area (Å²) >= 11 is 0. The van der Waals surface area contributed by atoms with Crippen LogP contribution in [0.15, 0.2) is 77.6 Å². The fraction of sp³-hybridized carbons (Fsp3) is 0.382. The van der Waals surface area contributed by atoms with Gasteiger partial charge >= 0.3 is 0 Å². The number of piperidine rings is 2. The lowest BCUT2D eigenvalue weighted by Crippen LogP contribution is -2.47. The van der Waals surface area contributed by atoms with Gasteiger partial charge in [0.15, 0.2) is 0 Å². The van der Waals surface area contributed by atoms with E-state index in [-0.39, 0.29) is 29.3 Å². The summed E-state index contributed by atoms with van der Waals surface area (Å²) in [6.07, 6.45) is 8.54. The molecule has 212 valence electrons. The number of carbonyl (C=O) groups excluding carboxylic acids is 2. The molecule has 2 aromatic carbocycles. The maximum atomic E-state index is 13.7. The summed E-state index contributed by atoms with van der Waals surface area (Å²) in [5.74, 6) is 0.362. The van der Waals surface area contributed by atoms with Crippen LogP contribution in [0.3, 0.4) is 0 Å². The molecule has 3 aliphatic heterocycles. The molecule has 0 radical (unpaired) electrons. The van der Waals surface area contributed by atoms with E-state index in [1.165, 1.54) is 0 Å². The van der Waals surface area contributed by atoms with Crippen LogP contribution in [0, 0.1) is 5.92 Å². The molecule has 1 aromatic heterocycles. The zero-order valence-corrected chi connectivity index (χ0v) is 23.7. The first kappa shape index (κ1) is 27.1. The van der Waals surface area contributed by atoms with Gasteiger partial charge in [-0.2, -0.15) is 0 Å². The van der Waals surface area contributed by atoms with Crippen molar-refractivity contribution in [2.75, 3.05) is 29.9 Å². The number of hydrogen-bond donors (Lipinski definition) is 1. The number of anilines is 2. The molecular weight excluding hydrogens is 512 g/mol. The molecule has 0 spiro atoms. The molecule has 7 heteroatoms. The average molecular weight is 551 g/mol. The summed E-state index contributed by atoms with van der Waals surface area (Å²) in [6.45, 7) is 5.16. The van der Waals surface area contributed by atoms with Gasteiger partial charge in [0.05, 0.1) is 11.4 Å². The molecule has 2 fully saturated rings. The second-order valence-corrected chi connectivity index (χ2v) is 11.6. The number of fused-ring (bicyclic) bond motifs is 4. The van der Waals surface area contributed by atoms with E-state index in [4.69, 9.17) is 0 Å². The molecule has 2 amide bonds. The van der Waals surface area contributed by atoms with E-state index >= 15 is 0 Å². The van der Waals surface area contributed by atoms with Gasteiger partial charge in [0.2, 0.25) is 5.91 Å². The van der Waals surface area contributed by atoms with Gasteiger partial charge < -0.3 is 19.7 Å². The second-order valence-electron chi connectivity index (χ2n) is 11.6. The zero-order chi connectivity index (χ0) is 28.3. The van der Waals surface area contributed by atoms with Crippen LogP contribution in [0.1, 0.15) is 66.6 Å². The Morgan fingerprint density at radius 3 is 2.66 bits per heavy atom. The maximum absolute atomic E-state index is 13.7. The zero-order valence-electron chi connectivity index (χ0n) is 23.7. The lowest BCUT2D eigenvalue weighted by Gasteiger charge is -2.44. The van der Waals surface area contributed by atoms with Crippen molar-refractivity contribution >= 4 is 29.3 Å². The summed E-state index contributed by atoms with van der Waals surface area (Å²) in [7, 11) is 0. The van der Waals surface area contributed by atoms with Crippen molar-refractivity contribution in [3.63, 3.8) is 0 Å². The minimum atomic E-state index is -0.238. The predicted octanol–water partition coefficient (Wildman–Crippen LogP) is 5.53. The smallest absolute Gasteiger partial charge is 0.254 e. The Kier molecular flexibility index (Phi) is 7.77. The van der Waals surface area contributed by atoms with Crippen LogP contribution < -0.4 is 15.8 Å². The van der Waals surface area contributed by atoms with E-state index in [0.29, 0.717) is 23.7 Å². The van der Waals surface area contributed by atoms with Crippen molar-refractivity contribution in [1.29, 1.82) is 0 Å². The fourth-order valence-electron chi connectivity index (χ4n) is 6.91. The summed E-state index contributed by atoms with van der Waals surface area (Å²) in [5, 5.41) is 3.10. The standard InChI is InChI=1S/C34H38N4O3/c1-2-28-11-6-7-18-37(28)34(41)26-15-16-31(29(20-26)35-32(39)17-14-24-9-4-3-5-10-24)36-21-25-19-27(23-36)30-12-8-13-33(40)38(30)22-25/h3-5,8-10,12-17,20,25,27-28H,2,6-7,11,18-19,21-23H2,1H3,(H,35,39). The number of rotatable bonds is 6. The van der Waals surface area contributed by atoms with E-state index in [1.54, 1.807) is 18.2 Å². The first-order valence-electron chi connectivity index (χ1n) is 14.9. The van der Waals surface area contributed by atoms with Gasteiger partial charge in [0, 0.05) is 61.5 Å². The third-order valence-corrected chi connectivity index (χ3v) is 8.91. The number of benzene rings is 2. The van der Waals surface area contributed by atoms with Gasteiger partial charge in [-0.25, -0.2) is 0 Å². The van der Waals surface area contributed by atoms with E-state index in [0.717, 1.165) is 68.7 Å². The van der Waals surface area contributed by atoms with E-state index in [1.807, 2.05) is 64.1 Å². The van der Waals surface area contributed by atoms with Crippen LogP contribution in [0.25, 0.3) is 6.08 Å². The molecule has 3 aliphatic rings. The van der Waals surface area contributed by atoms with Crippen molar-refractivity contribution in [1.82, 2.24) is 9.47 Å². The Morgan fingerprint density at radius 1 is 0.976 bits per heavy atom. The molecule has 7 nitrogen and oxygen atoms in total. The Morgan fingerprint density at radius 2 is 1.83 bits per heavy atom. The second kappa shape index (κ2) is 11.8. The monoisotopic (exact) mass is 550 g/mol. The highest BCUT2D eigenvalue weighted by atomic mass is 16.2. The van der Waals surface area contributed by atoms with Crippen LogP contribution in [0.4, 0.5) is 11.4 Å². The maximum Gasteiger partial charge on any atom is 0.254 e. The summed E-state index contributed by atoms with van der Waals surface area (Å²) in [6, 6.07) is 21.3. The van der Waals surface area contributed by atoms with Crippen LogP contribution in [-0.2, 0) is 11.3 Å². The molecular formula is C34H38N4O3.